The van der Waals surface area contributed by atoms with E-state index in [2.05, 4.69) is 65.0 Å². The molecule has 3 rings (SSSR count). The van der Waals surface area contributed by atoms with Crippen LogP contribution >= 0.6 is 0 Å². The Kier molecular flexibility index (Phi) is 9.18. The molecular weight excluding hydrogens is 390 g/mol. The molecule has 1 aliphatic heterocycles. The molecule has 0 spiro atoms. The van der Waals surface area contributed by atoms with Gasteiger partial charge in [-0.25, -0.2) is 0 Å². The Labute approximate surface area is 186 Å². The Morgan fingerprint density at radius 1 is 1.03 bits per heavy atom. The zero-order chi connectivity index (χ0) is 21.9. The van der Waals surface area contributed by atoms with Crippen LogP contribution in [0, 0.1) is 6.92 Å². The lowest BCUT2D eigenvalue weighted by molar-refractivity contribution is -0.0390. The van der Waals surface area contributed by atoms with E-state index in [0.717, 1.165) is 43.3 Å². The van der Waals surface area contributed by atoms with E-state index in [9.17, 15) is 0 Å². The average Bonchev–Trinajstić information content (AvgIpc) is 2.80. The third kappa shape index (κ3) is 7.56. The molecule has 0 saturated carbocycles. The van der Waals surface area contributed by atoms with Crippen LogP contribution in [0.2, 0.25) is 0 Å². The van der Waals surface area contributed by atoms with Gasteiger partial charge in [-0.05, 0) is 49.4 Å². The van der Waals surface area contributed by atoms with Gasteiger partial charge in [0.25, 0.3) is 0 Å². The highest BCUT2D eigenvalue weighted by atomic mass is 16.5. The zero-order valence-electron chi connectivity index (χ0n) is 18.9. The molecule has 0 aromatic heterocycles. The second-order valence-corrected chi connectivity index (χ2v) is 7.76. The van der Waals surface area contributed by atoms with Crippen LogP contribution in [0.15, 0.2) is 47.5 Å². The fourth-order valence-corrected chi connectivity index (χ4v) is 3.49. The van der Waals surface area contributed by atoms with Gasteiger partial charge in [-0.2, -0.15) is 0 Å². The molecule has 1 heterocycles. The Balaban J connectivity index is 1.45. The number of hydrogen-bond acceptors (Lipinski definition) is 4. The van der Waals surface area contributed by atoms with Crippen molar-refractivity contribution in [2.24, 2.45) is 4.99 Å². The molecule has 31 heavy (non-hydrogen) atoms. The Hall–Kier alpha value is -2.57. The second kappa shape index (κ2) is 12.3. The molecule has 2 aromatic rings. The maximum atomic E-state index is 6.00. The van der Waals surface area contributed by atoms with Crippen molar-refractivity contribution < 1.29 is 14.2 Å². The third-order valence-corrected chi connectivity index (χ3v) is 5.33. The van der Waals surface area contributed by atoms with Gasteiger partial charge in [0.2, 0.25) is 0 Å². The van der Waals surface area contributed by atoms with Gasteiger partial charge in [0.15, 0.2) is 5.96 Å². The minimum Gasteiger partial charge on any atom is -0.494 e. The first-order chi connectivity index (χ1) is 15.2. The summed E-state index contributed by atoms with van der Waals surface area (Å²) in [4.78, 5) is 4.33. The summed E-state index contributed by atoms with van der Waals surface area (Å²) >= 11 is 0. The van der Waals surface area contributed by atoms with E-state index in [1.165, 1.54) is 16.7 Å². The smallest absolute Gasteiger partial charge is 0.191 e. The van der Waals surface area contributed by atoms with Crippen LogP contribution < -0.4 is 15.4 Å². The molecule has 0 amide bonds. The molecule has 0 unspecified atom stereocenters. The van der Waals surface area contributed by atoms with Crippen molar-refractivity contribution >= 4 is 5.96 Å². The first-order valence-electron chi connectivity index (χ1n) is 11.1. The largest absolute Gasteiger partial charge is 0.494 e. The van der Waals surface area contributed by atoms with E-state index >= 15 is 0 Å². The highest BCUT2D eigenvalue weighted by Crippen LogP contribution is 2.20. The van der Waals surface area contributed by atoms with Crippen LogP contribution in [0.1, 0.15) is 42.0 Å². The molecule has 168 valence electrons. The number of benzene rings is 2. The van der Waals surface area contributed by atoms with Crippen LogP contribution in [0.3, 0.4) is 0 Å². The van der Waals surface area contributed by atoms with Crippen molar-refractivity contribution in [2.75, 3.05) is 26.9 Å². The summed E-state index contributed by atoms with van der Waals surface area (Å²) in [6.45, 7) is 8.35. The number of aryl methyl sites for hydroxylation is 1. The Bertz CT molecular complexity index is 830. The maximum absolute atomic E-state index is 6.00. The summed E-state index contributed by atoms with van der Waals surface area (Å²) in [6.07, 6.45) is 2.30. The molecule has 2 aromatic carbocycles. The normalized spacial score (nSPS) is 15.0. The van der Waals surface area contributed by atoms with Gasteiger partial charge in [0.1, 0.15) is 5.75 Å². The number of rotatable bonds is 9. The van der Waals surface area contributed by atoms with E-state index in [4.69, 9.17) is 14.2 Å². The lowest BCUT2D eigenvalue weighted by atomic mass is 10.1. The molecular formula is C25H35N3O3. The lowest BCUT2D eigenvalue weighted by Gasteiger charge is -2.22. The van der Waals surface area contributed by atoms with E-state index < -0.39 is 0 Å². The number of guanidine groups is 1. The van der Waals surface area contributed by atoms with E-state index in [0.29, 0.717) is 32.4 Å². The van der Waals surface area contributed by atoms with Gasteiger partial charge < -0.3 is 24.8 Å². The standard InChI is InChI=1S/C25H35N3O3/c1-4-30-24-15-19(2)5-10-22(24)17-28-25(26-3)27-16-20-6-8-21(9-7-20)18-31-23-11-13-29-14-12-23/h5-10,15,23H,4,11-14,16-18H2,1-3H3,(H2,26,27,28). The number of nitrogens with zero attached hydrogens (tertiary/aromatic N) is 1. The molecule has 1 aliphatic rings. The third-order valence-electron chi connectivity index (χ3n) is 5.33. The van der Waals surface area contributed by atoms with Gasteiger partial charge >= 0.3 is 0 Å². The van der Waals surface area contributed by atoms with Crippen molar-refractivity contribution in [3.8, 4) is 5.75 Å². The van der Waals surface area contributed by atoms with Crippen LogP contribution in [0.25, 0.3) is 0 Å². The maximum Gasteiger partial charge on any atom is 0.191 e. The van der Waals surface area contributed by atoms with Crippen molar-refractivity contribution in [3.05, 3.63) is 64.7 Å². The van der Waals surface area contributed by atoms with Gasteiger partial charge in [-0.3, -0.25) is 4.99 Å². The zero-order valence-corrected chi connectivity index (χ0v) is 18.9. The number of hydrogen-bond donors (Lipinski definition) is 2. The summed E-state index contributed by atoms with van der Waals surface area (Å²) < 4.78 is 17.1. The van der Waals surface area contributed by atoms with Crippen molar-refractivity contribution in [1.29, 1.82) is 0 Å². The monoisotopic (exact) mass is 425 g/mol. The van der Waals surface area contributed by atoms with E-state index in [1.807, 2.05) is 6.92 Å². The summed E-state index contributed by atoms with van der Waals surface area (Å²) in [5, 5.41) is 6.75. The molecule has 6 nitrogen and oxygen atoms in total. The molecule has 1 fully saturated rings. The molecule has 0 radical (unpaired) electrons. The van der Waals surface area contributed by atoms with Crippen LogP contribution in [0.4, 0.5) is 0 Å². The highest BCUT2D eigenvalue weighted by molar-refractivity contribution is 5.79. The van der Waals surface area contributed by atoms with Gasteiger partial charge in [-0.15, -0.1) is 0 Å². The Morgan fingerprint density at radius 2 is 1.74 bits per heavy atom. The minimum atomic E-state index is 0.321. The van der Waals surface area contributed by atoms with Crippen molar-refractivity contribution in [2.45, 2.75) is 52.5 Å². The first kappa shape index (κ1) is 23.1. The fraction of sp³-hybridized carbons (Fsp3) is 0.480. The predicted molar refractivity (Wildman–Crippen MR) is 124 cm³/mol. The van der Waals surface area contributed by atoms with E-state index in [-0.39, 0.29) is 0 Å². The molecule has 0 atom stereocenters. The van der Waals surface area contributed by atoms with Gasteiger partial charge in [0, 0.05) is 38.9 Å². The van der Waals surface area contributed by atoms with Crippen LogP contribution in [-0.2, 0) is 29.2 Å². The van der Waals surface area contributed by atoms with Gasteiger partial charge in [-0.1, -0.05) is 36.4 Å². The molecule has 6 heteroatoms. The lowest BCUT2D eigenvalue weighted by Crippen LogP contribution is -2.36. The number of aliphatic imine (C=N–C) groups is 1. The number of ether oxygens (including phenoxy) is 3. The van der Waals surface area contributed by atoms with E-state index in [1.54, 1.807) is 7.05 Å². The highest BCUT2D eigenvalue weighted by Gasteiger charge is 2.14. The molecule has 2 N–H and O–H groups in total. The van der Waals surface area contributed by atoms with Crippen molar-refractivity contribution in [3.63, 3.8) is 0 Å². The summed E-state index contributed by atoms with van der Waals surface area (Å²) in [7, 11) is 1.78. The number of nitrogens with one attached hydrogen (secondary N) is 2. The summed E-state index contributed by atoms with van der Waals surface area (Å²) in [5.74, 6) is 1.68. The summed E-state index contributed by atoms with van der Waals surface area (Å²) in [5.41, 5.74) is 4.70. The molecule has 1 saturated heterocycles. The SMILES string of the molecule is CCOc1cc(C)ccc1CNC(=NC)NCc1ccc(COC2CCOCC2)cc1. The minimum absolute atomic E-state index is 0.321. The Morgan fingerprint density at radius 3 is 2.45 bits per heavy atom. The first-order valence-corrected chi connectivity index (χ1v) is 11.1. The average molecular weight is 426 g/mol. The summed E-state index contributed by atoms with van der Waals surface area (Å²) in [6, 6.07) is 14.8. The van der Waals surface area contributed by atoms with Crippen LogP contribution in [-0.4, -0.2) is 38.9 Å². The predicted octanol–water partition coefficient (Wildman–Crippen LogP) is 3.95. The second-order valence-electron chi connectivity index (χ2n) is 7.76. The molecule has 0 aliphatic carbocycles. The molecule has 0 bridgehead atoms. The quantitative estimate of drug-likeness (QED) is 0.470. The van der Waals surface area contributed by atoms with Crippen molar-refractivity contribution in [1.82, 2.24) is 10.6 Å². The fourth-order valence-electron chi connectivity index (χ4n) is 3.49. The topological polar surface area (TPSA) is 64.1 Å². The van der Waals surface area contributed by atoms with Gasteiger partial charge in [0.05, 0.1) is 19.3 Å². The van der Waals surface area contributed by atoms with Crippen LogP contribution in [0.5, 0.6) is 5.75 Å².